The fraction of sp³-hybridized carbons (Fsp3) is 0.333. The zero-order chi connectivity index (χ0) is 5.28. The highest BCUT2D eigenvalue weighted by molar-refractivity contribution is 4.71. The van der Waals surface area contributed by atoms with Crippen LogP contribution in [0.3, 0.4) is 0 Å². The third kappa shape index (κ3) is 0.734. The van der Waals surface area contributed by atoms with Gasteiger partial charge in [0.15, 0.2) is 0 Å². The predicted octanol–water partition coefficient (Wildman–Crippen LogP) is 0.319. The van der Waals surface area contributed by atoms with Gasteiger partial charge in [-0.25, -0.2) is 4.98 Å². The molecule has 38 valence electrons. The number of rotatable bonds is 0. The van der Waals surface area contributed by atoms with Crippen LogP contribution >= 0.6 is 0 Å². The molecule has 0 aliphatic carbocycles. The molecule has 3 nitrogen and oxygen atoms in total. The molecule has 0 saturated heterocycles. The number of hydrogen-bond acceptors (Lipinski definition) is 2. The number of hydrogen-bond donors (Lipinski definition) is 0. The van der Waals surface area contributed by atoms with Crippen LogP contribution in [0.15, 0.2) is 6.33 Å². The van der Waals surface area contributed by atoms with Gasteiger partial charge in [0.05, 0.1) is 0 Å². The number of nitrogens with zero attached hydrogens (tertiary/aromatic N) is 3. The first-order valence-electron chi connectivity index (χ1n) is 1.83. The zero-order valence-electron chi connectivity index (χ0n) is 3.80. The molecular weight excluding hydrogens is 97.1 g/mol. The van der Waals surface area contributed by atoms with Crippen LogP contribution in [0, 0.1) is 6.92 Å². The lowest BCUT2D eigenvalue weighted by Gasteiger charge is -1.70. The van der Waals surface area contributed by atoms with E-state index >= 15 is 0 Å². The first kappa shape index (κ1) is 4.23. The van der Waals surface area contributed by atoms with Crippen molar-refractivity contribution in [3.63, 3.8) is 0 Å². The summed E-state index contributed by atoms with van der Waals surface area (Å²) in [5, 5.41) is 3.25. The molecule has 0 saturated carbocycles. The van der Waals surface area contributed by atoms with Crippen LogP contribution in [-0.2, 0) is 0 Å². The van der Waals surface area contributed by atoms with E-state index in [0.29, 0.717) is 5.82 Å². The molecule has 0 atom stereocenters. The van der Waals surface area contributed by atoms with Crippen molar-refractivity contribution in [1.82, 2.24) is 15.0 Å². The van der Waals surface area contributed by atoms with Gasteiger partial charge in [-0.1, -0.05) is 9.39 Å². The van der Waals surface area contributed by atoms with E-state index in [4.69, 9.17) is 0 Å². The molecule has 4 heteroatoms. The van der Waals surface area contributed by atoms with E-state index in [1.165, 1.54) is 0 Å². The average molecular weight is 101 g/mol. The second kappa shape index (κ2) is 1.29. The van der Waals surface area contributed by atoms with Gasteiger partial charge in [-0.3, -0.25) is 0 Å². The van der Waals surface area contributed by atoms with Crippen LogP contribution < -0.4 is 0 Å². The van der Waals surface area contributed by atoms with Crippen LogP contribution in [0.4, 0.5) is 4.48 Å². The van der Waals surface area contributed by atoms with E-state index < -0.39 is 0 Å². The summed E-state index contributed by atoms with van der Waals surface area (Å²) in [5.74, 6) is 0.447. The lowest BCUT2D eigenvalue weighted by molar-refractivity contribution is 0.313. The Kier molecular flexibility index (Phi) is 0.780. The molecule has 0 N–H and O–H groups in total. The fourth-order valence-electron chi connectivity index (χ4n) is 0.321. The summed E-state index contributed by atoms with van der Waals surface area (Å²) >= 11 is 0. The largest absolute Gasteiger partial charge is 0.217 e. The van der Waals surface area contributed by atoms with Crippen molar-refractivity contribution < 1.29 is 4.48 Å². The summed E-state index contributed by atoms with van der Waals surface area (Å²) in [6, 6.07) is 0. The Morgan fingerprint density at radius 3 is 2.71 bits per heavy atom. The molecule has 7 heavy (non-hydrogen) atoms. The highest BCUT2D eigenvalue weighted by atomic mass is 19.2. The molecule has 1 rings (SSSR count). The van der Waals surface area contributed by atoms with Crippen molar-refractivity contribution in [2.75, 3.05) is 0 Å². The standard InChI is InChI=1S/C3H4FN3/c1-3-5-2-7(4)6-3/h2H,1H3. The lowest BCUT2D eigenvalue weighted by Crippen LogP contribution is -1.79. The Bertz CT molecular complexity index is 142. The van der Waals surface area contributed by atoms with Crippen molar-refractivity contribution in [3.05, 3.63) is 12.2 Å². The topological polar surface area (TPSA) is 30.7 Å². The van der Waals surface area contributed by atoms with E-state index in [2.05, 4.69) is 10.1 Å². The van der Waals surface area contributed by atoms with Crippen molar-refractivity contribution in [3.8, 4) is 0 Å². The molecule has 0 spiro atoms. The molecular formula is C3H4FN3. The SMILES string of the molecule is Cc1ncn(F)n1. The molecule has 0 aromatic carbocycles. The number of aromatic nitrogens is 3. The third-order valence-corrected chi connectivity index (χ3v) is 0.580. The predicted molar refractivity (Wildman–Crippen MR) is 21.3 cm³/mol. The van der Waals surface area contributed by atoms with Crippen LogP contribution in [0.1, 0.15) is 5.82 Å². The maximum absolute atomic E-state index is 11.7. The quantitative estimate of drug-likeness (QED) is 0.471. The minimum atomic E-state index is 0.176. The Balaban J connectivity index is 3.04. The minimum absolute atomic E-state index is 0.176. The fourth-order valence-corrected chi connectivity index (χ4v) is 0.321. The van der Waals surface area contributed by atoms with Gasteiger partial charge in [0.25, 0.3) is 0 Å². The Morgan fingerprint density at radius 2 is 2.57 bits per heavy atom. The normalized spacial score (nSPS) is 9.43. The molecule has 1 aromatic rings. The Labute approximate surface area is 39.7 Å². The molecule has 0 aliphatic heterocycles. The molecule has 0 aliphatic rings. The van der Waals surface area contributed by atoms with E-state index in [0.717, 1.165) is 6.33 Å². The first-order chi connectivity index (χ1) is 3.29. The van der Waals surface area contributed by atoms with E-state index in [9.17, 15) is 4.48 Å². The summed E-state index contributed by atoms with van der Waals surface area (Å²) in [5.41, 5.74) is 0. The van der Waals surface area contributed by atoms with Gasteiger partial charge < -0.3 is 0 Å². The molecule has 0 radical (unpaired) electrons. The van der Waals surface area contributed by atoms with Gasteiger partial charge in [-0.15, -0.1) is 5.10 Å². The van der Waals surface area contributed by atoms with Gasteiger partial charge in [-0.05, 0) is 6.92 Å². The minimum Gasteiger partial charge on any atom is -0.217 e. The lowest BCUT2D eigenvalue weighted by atomic mass is 10.8. The second-order valence-electron chi connectivity index (χ2n) is 1.18. The Hall–Kier alpha value is -0.930. The van der Waals surface area contributed by atoms with Crippen LogP contribution in [0.5, 0.6) is 0 Å². The van der Waals surface area contributed by atoms with Gasteiger partial charge >= 0.3 is 0 Å². The zero-order valence-corrected chi connectivity index (χ0v) is 3.80. The van der Waals surface area contributed by atoms with Gasteiger partial charge in [0.1, 0.15) is 12.2 Å². The summed E-state index contributed by atoms with van der Waals surface area (Å²) < 4.78 is 11.7. The highest BCUT2D eigenvalue weighted by Crippen LogP contribution is 1.82. The van der Waals surface area contributed by atoms with Crippen LogP contribution in [0.25, 0.3) is 0 Å². The van der Waals surface area contributed by atoms with Crippen molar-refractivity contribution in [2.45, 2.75) is 6.92 Å². The van der Waals surface area contributed by atoms with Crippen molar-refractivity contribution in [1.29, 1.82) is 0 Å². The van der Waals surface area contributed by atoms with Crippen LogP contribution in [-0.4, -0.2) is 15.0 Å². The molecule has 0 amide bonds. The number of halogens is 1. The van der Waals surface area contributed by atoms with Gasteiger partial charge in [0.2, 0.25) is 0 Å². The van der Waals surface area contributed by atoms with E-state index in [-0.39, 0.29) is 4.90 Å². The molecule has 0 bridgehead atoms. The molecule has 1 aromatic heterocycles. The smallest absolute Gasteiger partial charge is 0.150 e. The second-order valence-corrected chi connectivity index (χ2v) is 1.18. The average Bonchev–Trinajstić information content (AvgIpc) is 1.87. The first-order valence-corrected chi connectivity index (χ1v) is 1.83. The van der Waals surface area contributed by atoms with Gasteiger partial charge in [-0.2, -0.15) is 0 Å². The summed E-state index contributed by atoms with van der Waals surface area (Å²) in [7, 11) is 0. The van der Waals surface area contributed by atoms with Gasteiger partial charge in [0, 0.05) is 0 Å². The van der Waals surface area contributed by atoms with E-state index in [1.807, 2.05) is 0 Å². The monoisotopic (exact) mass is 101 g/mol. The molecule has 0 unspecified atom stereocenters. The van der Waals surface area contributed by atoms with Crippen molar-refractivity contribution >= 4 is 0 Å². The number of aryl methyl sites for hydroxylation is 1. The van der Waals surface area contributed by atoms with E-state index in [1.54, 1.807) is 6.92 Å². The van der Waals surface area contributed by atoms with Crippen molar-refractivity contribution in [2.24, 2.45) is 0 Å². The molecule has 0 fully saturated rings. The maximum Gasteiger partial charge on any atom is 0.150 e. The van der Waals surface area contributed by atoms with Crippen LogP contribution in [0.2, 0.25) is 0 Å². The summed E-state index contributed by atoms with van der Waals surface area (Å²) in [4.78, 5) is 3.67. The maximum atomic E-state index is 11.7. The summed E-state index contributed by atoms with van der Waals surface area (Å²) in [6.07, 6.45) is 1.01. The molecule has 1 heterocycles. The third-order valence-electron chi connectivity index (χ3n) is 0.580. The Morgan fingerprint density at radius 1 is 1.86 bits per heavy atom. The summed E-state index contributed by atoms with van der Waals surface area (Å²) in [6.45, 7) is 1.62. The highest BCUT2D eigenvalue weighted by Gasteiger charge is 1.87.